The molecule has 0 spiro atoms. The van der Waals surface area contributed by atoms with Gasteiger partial charge in [0.2, 0.25) is 0 Å². The van der Waals surface area contributed by atoms with Crippen molar-refractivity contribution < 1.29 is 18.8 Å². The number of hydrogen-bond donors (Lipinski definition) is 1. The highest BCUT2D eigenvalue weighted by Gasteiger charge is 2.09. The van der Waals surface area contributed by atoms with Gasteiger partial charge in [0, 0.05) is 11.6 Å². The molecule has 0 atom stereocenters. The molecule has 0 saturated carbocycles. The fourth-order valence-corrected chi connectivity index (χ4v) is 2.33. The predicted molar refractivity (Wildman–Crippen MR) is 97.0 cm³/mol. The van der Waals surface area contributed by atoms with E-state index in [9.17, 15) is 4.79 Å². The zero-order valence-electron chi connectivity index (χ0n) is 14.7. The van der Waals surface area contributed by atoms with E-state index in [1.807, 2.05) is 55.5 Å². The van der Waals surface area contributed by atoms with E-state index in [0.29, 0.717) is 17.2 Å². The average Bonchev–Trinajstić information content (AvgIpc) is 3.15. The Bertz CT molecular complexity index is 872. The third kappa shape index (κ3) is 4.63. The number of carbonyl (C=O) groups excluding carboxylic acids is 1. The maximum Gasteiger partial charge on any atom is 0.258 e. The summed E-state index contributed by atoms with van der Waals surface area (Å²) in [4.78, 5) is 11.9. The van der Waals surface area contributed by atoms with Crippen LogP contribution in [-0.4, -0.2) is 24.8 Å². The number of benzene rings is 2. The van der Waals surface area contributed by atoms with E-state index in [4.69, 9.17) is 14.0 Å². The van der Waals surface area contributed by atoms with E-state index in [-0.39, 0.29) is 19.1 Å². The highest BCUT2D eigenvalue weighted by Crippen LogP contribution is 2.24. The Balaban J connectivity index is 1.51. The Morgan fingerprint density at radius 1 is 1.12 bits per heavy atom. The van der Waals surface area contributed by atoms with Crippen LogP contribution < -0.4 is 14.8 Å². The highest BCUT2D eigenvalue weighted by atomic mass is 16.5. The number of methoxy groups -OCH3 is 1. The summed E-state index contributed by atoms with van der Waals surface area (Å²) in [5, 5.41) is 6.73. The van der Waals surface area contributed by atoms with Crippen LogP contribution in [0.5, 0.6) is 11.5 Å². The minimum absolute atomic E-state index is 0.0519. The summed E-state index contributed by atoms with van der Waals surface area (Å²) in [6.45, 7) is 2.21. The fraction of sp³-hybridized carbons (Fsp3) is 0.200. The zero-order valence-corrected chi connectivity index (χ0v) is 14.7. The number of aromatic nitrogens is 1. The largest absolute Gasteiger partial charge is 0.497 e. The number of aryl methyl sites for hydroxylation is 1. The quantitative estimate of drug-likeness (QED) is 0.706. The van der Waals surface area contributed by atoms with Gasteiger partial charge in [0.05, 0.1) is 13.7 Å². The molecule has 0 aliphatic rings. The number of nitrogens with zero attached hydrogens (tertiary/aromatic N) is 1. The standard InChI is InChI=1S/C20H20N2O4/c1-14-6-8-17(9-7-14)25-13-20(23)21-12-16-11-19(26-22-16)15-4-3-5-18(10-15)24-2/h3-11H,12-13H2,1-2H3,(H,21,23). The van der Waals surface area contributed by atoms with Crippen molar-refractivity contribution in [2.75, 3.05) is 13.7 Å². The molecule has 6 heteroatoms. The molecular formula is C20H20N2O4. The van der Waals surface area contributed by atoms with Crippen molar-refractivity contribution in [2.45, 2.75) is 13.5 Å². The van der Waals surface area contributed by atoms with Gasteiger partial charge in [0.25, 0.3) is 5.91 Å². The number of carbonyl (C=O) groups is 1. The summed E-state index contributed by atoms with van der Waals surface area (Å²) in [7, 11) is 1.61. The van der Waals surface area contributed by atoms with Gasteiger partial charge >= 0.3 is 0 Å². The fourth-order valence-electron chi connectivity index (χ4n) is 2.33. The molecule has 0 saturated heterocycles. The predicted octanol–water partition coefficient (Wildman–Crippen LogP) is 3.35. The molecular weight excluding hydrogens is 332 g/mol. The summed E-state index contributed by atoms with van der Waals surface area (Å²) in [6, 6.07) is 16.8. The lowest BCUT2D eigenvalue weighted by molar-refractivity contribution is -0.123. The maximum absolute atomic E-state index is 11.9. The van der Waals surface area contributed by atoms with Crippen LogP contribution in [0, 0.1) is 6.92 Å². The van der Waals surface area contributed by atoms with Crippen LogP contribution in [0.2, 0.25) is 0 Å². The third-order valence-electron chi connectivity index (χ3n) is 3.77. The molecule has 1 heterocycles. The van der Waals surface area contributed by atoms with Gasteiger partial charge in [-0.05, 0) is 31.2 Å². The van der Waals surface area contributed by atoms with Crippen molar-refractivity contribution >= 4 is 5.91 Å². The summed E-state index contributed by atoms with van der Waals surface area (Å²) < 4.78 is 16.0. The molecule has 26 heavy (non-hydrogen) atoms. The van der Waals surface area contributed by atoms with Crippen molar-refractivity contribution in [1.29, 1.82) is 0 Å². The number of hydrogen-bond acceptors (Lipinski definition) is 5. The second-order valence-corrected chi connectivity index (χ2v) is 5.79. The molecule has 0 bridgehead atoms. The first-order chi connectivity index (χ1) is 12.6. The molecule has 0 unspecified atom stereocenters. The van der Waals surface area contributed by atoms with Gasteiger partial charge in [-0.25, -0.2) is 0 Å². The minimum atomic E-state index is -0.225. The first kappa shape index (κ1) is 17.5. The van der Waals surface area contributed by atoms with Crippen LogP contribution in [0.15, 0.2) is 59.1 Å². The van der Waals surface area contributed by atoms with Crippen molar-refractivity contribution in [3.05, 3.63) is 65.9 Å². The van der Waals surface area contributed by atoms with Gasteiger partial charge in [0.15, 0.2) is 12.4 Å². The molecule has 3 aromatic rings. The normalized spacial score (nSPS) is 10.4. The lowest BCUT2D eigenvalue weighted by atomic mass is 10.1. The molecule has 1 aromatic heterocycles. The number of nitrogens with one attached hydrogen (secondary N) is 1. The average molecular weight is 352 g/mol. The smallest absolute Gasteiger partial charge is 0.258 e. The van der Waals surface area contributed by atoms with E-state index in [1.54, 1.807) is 13.2 Å². The second kappa shape index (κ2) is 8.20. The van der Waals surface area contributed by atoms with E-state index >= 15 is 0 Å². The van der Waals surface area contributed by atoms with Crippen molar-refractivity contribution in [3.8, 4) is 22.8 Å². The van der Waals surface area contributed by atoms with Gasteiger partial charge in [-0.15, -0.1) is 0 Å². The number of amides is 1. The second-order valence-electron chi connectivity index (χ2n) is 5.79. The molecule has 134 valence electrons. The molecule has 0 radical (unpaired) electrons. The van der Waals surface area contributed by atoms with Crippen molar-refractivity contribution in [1.82, 2.24) is 10.5 Å². The highest BCUT2D eigenvalue weighted by molar-refractivity contribution is 5.77. The van der Waals surface area contributed by atoms with E-state index in [0.717, 1.165) is 16.9 Å². The molecule has 0 aliphatic heterocycles. The first-order valence-corrected chi connectivity index (χ1v) is 8.20. The Labute approximate surface area is 151 Å². The van der Waals surface area contributed by atoms with Gasteiger partial charge in [-0.1, -0.05) is 35.0 Å². The van der Waals surface area contributed by atoms with Crippen molar-refractivity contribution in [3.63, 3.8) is 0 Å². The third-order valence-corrected chi connectivity index (χ3v) is 3.77. The Kier molecular flexibility index (Phi) is 5.53. The van der Waals surface area contributed by atoms with E-state index < -0.39 is 0 Å². The molecule has 0 aliphatic carbocycles. The topological polar surface area (TPSA) is 73.6 Å². The molecule has 0 fully saturated rings. The lowest BCUT2D eigenvalue weighted by Crippen LogP contribution is -2.28. The lowest BCUT2D eigenvalue weighted by Gasteiger charge is -2.06. The Morgan fingerprint density at radius 3 is 2.69 bits per heavy atom. The summed E-state index contributed by atoms with van der Waals surface area (Å²) >= 11 is 0. The first-order valence-electron chi connectivity index (χ1n) is 8.20. The Hall–Kier alpha value is -3.28. The Morgan fingerprint density at radius 2 is 1.92 bits per heavy atom. The van der Waals surface area contributed by atoms with Gasteiger partial charge in [-0.2, -0.15) is 0 Å². The van der Waals surface area contributed by atoms with Crippen LogP contribution in [-0.2, 0) is 11.3 Å². The van der Waals surface area contributed by atoms with Crippen LogP contribution in [0.4, 0.5) is 0 Å². The van der Waals surface area contributed by atoms with E-state index in [2.05, 4.69) is 10.5 Å². The molecule has 3 rings (SSSR count). The van der Waals surface area contributed by atoms with Gasteiger partial charge in [-0.3, -0.25) is 4.79 Å². The summed E-state index contributed by atoms with van der Waals surface area (Å²) in [5.41, 5.74) is 2.63. The number of rotatable bonds is 7. The molecule has 1 N–H and O–H groups in total. The van der Waals surface area contributed by atoms with Crippen LogP contribution in [0.25, 0.3) is 11.3 Å². The van der Waals surface area contributed by atoms with Crippen LogP contribution in [0.1, 0.15) is 11.3 Å². The van der Waals surface area contributed by atoms with Crippen molar-refractivity contribution in [2.24, 2.45) is 0 Å². The molecule has 6 nitrogen and oxygen atoms in total. The maximum atomic E-state index is 11.9. The monoisotopic (exact) mass is 352 g/mol. The summed E-state index contributed by atoms with van der Waals surface area (Å²) in [6.07, 6.45) is 0. The number of ether oxygens (including phenoxy) is 2. The molecule has 2 aromatic carbocycles. The van der Waals surface area contributed by atoms with Gasteiger partial charge < -0.3 is 19.3 Å². The SMILES string of the molecule is COc1cccc(-c2cc(CNC(=O)COc3ccc(C)cc3)no2)c1. The summed E-state index contributed by atoms with van der Waals surface area (Å²) in [5.74, 6) is 1.79. The molecule has 1 amide bonds. The van der Waals surface area contributed by atoms with E-state index in [1.165, 1.54) is 0 Å². The van der Waals surface area contributed by atoms with Gasteiger partial charge in [0.1, 0.15) is 17.2 Å². The zero-order chi connectivity index (χ0) is 18.4. The van der Waals surface area contributed by atoms with Crippen LogP contribution in [0.3, 0.4) is 0 Å². The van der Waals surface area contributed by atoms with Crippen LogP contribution >= 0.6 is 0 Å². The minimum Gasteiger partial charge on any atom is -0.497 e.